The minimum Gasteiger partial charge on any atom is -0.260 e. The van der Waals surface area contributed by atoms with Crippen LogP contribution >= 0.6 is 0 Å². The maximum absolute atomic E-state index is 5.06. The van der Waals surface area contributed by atoms with E-state index in [-0.39, 0.29) is 0 Å². The molecule has 2 nitrogen and oxygen atoms in total. The predicted octanol–water partition coefficient (Wildman–Crippen LogP) is 6.50. The lowest BCUT2D eigenvalue weighted by atomic mass is 10.0. The van der Waals surface area contributed by atoms with Crippen molar-refractivity contribution in [2.45, 2.75) is 34.2 Å². The van der Waals surface area contributed by atoms with E-state index in [1.165, 1.54) is 44.6 Å². The van der Waals surface area contributed by atoms with Crippen LogP contribution in [0.1, 0.15) is 27.8 Å². The van der Waals surface area contributed by atoms with Crippen LogP contribution in [0.3, 0.4) is 0 Å². The zero-order valence-corrected chi connectivity index (χ0v) is 17.0. The topological polar surface area (TPSA) is 17.8 Å². The van der Waals surface area contributed by atoms with Crippen molar-refractivity contribution in [2.75, 3.05) is 0 Å². The largest absolute Gasteiger partial charge is 0.260 e. The van der Waals surface area contributed by atoms with E-state index in [0.29, 0.717) is 0 Å². The van der Waals surface area contributed by atoms with Gasteiger partial charge < -0.3 is 0 Å². The smallest absolute Gasteiger partial charge is 0.0959 e. The van der Waals surface area contributed by atoms with Crippen molar-refractivity contribution < 1.29 is 0 Å². The molecule has 0 bridgehead atoms. The maximum atomic E-state index is 5.06. The van der Waals surface area contributed by atoms with Gasteiger partial charge in [0.2, 0.25) is 0 Å². The molecule has 140 valence electrons. The molecule has 0 saturated heterocycles. The fourth-order valence-corrected chi connectivity index (χ4v) is 3.76. The van der Waals surface area contributed by atoms with Gasteiger partial charge in [-0.15, -0.1) is 0 Å². The third kappa shape index (κ3) is 3.63. The van der Waals surface area contributed by atoms with Crippen LogP contribution in [-0.2, 0) is 6.54 Å². The molecule has 0 amide bonds. The second kappa shape index (κ2) is 7.47. The Morgan fingerprint density at radius 1 is 0.679 bits per heavy atom. The minimum atomic E-state index is 0.760. The number of aromatic nitrogens is 2. The Morgan fingerprint density at radius 2 is 1.29 bits per heavy atom. The molecule has 4 aromatic rings. The fourth-order valence-electron chi connectivity index (χ4n) is 3.76. The third-order valence-corrected chi connectivity index (χ3v) is 5.23. The maximum Gasteiger partial charge on any atom is 0.0959 e. The Kier molecular flexibility index (Phi) is 4.87. The van der Waals surface area contributed by atoms with E-state index in [0.717, 1.165) is 12.2 Å². The molecule has 1 aromatic heterocycles. The summed E-state index contributed by atoms with van der Waals surface area (Å²) < 4.78 is 2.16. The van der Waals surface area contributed by atoms with Gasteiger partial charge in [-0.1, -0.05) is 77.4 Å². The lowest BCUT2D eigenvalue weighted by molar-refractivity contribution is 0.696. The van der Waals surface area contributed by atoms with E-state index in [2.05, 4.69) is 105 Å². The first-order chi connectivity index (χ1) is 13.5. The van der Waals surface area contributed by atoms with Gasteiger partial charge in [-0.3, -0.25) is 4.68 Å². The summed E-state index contributed by atoms with van der Waals surface area (Å²) in [5.41, 5.74) is 10.9. The molecular formula is C26H26N2. The summed E-state index contributed by atoms with van der Waals surface area (Å²) >= 11 is 0. The standard InChI is InChI=1S/C26H26N2/c1-18-11-13-22(14-12-18)17-28-26(24-10-6-8-20(3)16-24)21(4)25(27-28)23-9-5-7-19(2)15-23/h5-16H,17H2,1-4H3. The monoisotopic (exact) mass is 366 g/mol. The first-order valence-electron chi connectivity index (χ1n) is 9.78. The Labute approximate surface area is 167 Å². The third-order valence-electron chi connectivity index (χ3n) is 5.23. The number of hydrogen-bond acceptors (Lipinski definition) is 1. The van der Waals surface area contributed by atoms with Gasteiger partial charge in [0.25, 0.3) is 0 Å². The highest BCUT2D eigenvalue weighted by Crippen LogP contribution is 2.33. The first kappa shape index (κ1) is 18.2. The summed E-state index contributed by atoms with van der Waals surface area (Å²) in [6.07, 6.45) is 0. The van der Waals surface area contributed by atoms with Gasteiger partial charge in [-0.2, -0.15) is 5.10 Å². The number of nitrogens with zero attached hydrogens (tertiary/aromatic N) is 2. The number of hydrogen-bond donors (Lipinski definition) is 0. The van der Waals surface area contributed by atoms with Crippen molar-refractivity contribution in [2.24, 2.45) is 0 Å². The fraction of sp³-hybridized carbons (Fsp3) is 0.192. The molecule has 0 N–H and O–H groups in total. The SMILES string of the molecule is Cc1ccc(Cn2nc(-c3cccc(C)c3)c(C)c2-c2cccc(C)c2)cc1. The second-order valence-corrected chi connectivity index (χ2v) is 7.70. The van der Waals surface area contributed by atoms with Crippen LogP contribution in [-0.4, -0.2) is 9.78 Å². The summed E-state index contributed by atoms with van der Waals surface area (Å²) in [6.45, 7) is 9.34. The van der Waals surface area contributed by atoms with Gasteiger partial charge in [0.05, 0.1) is 17.9 Å². The van der Waals surface area contributed by atoms with E-state index in [1.807, 2.05) is 0 Å². The average molecular weight is 367 g/mol. The number of rotatable bonds is 4. The Balaban J connectivity index is 1.87. The number of aryl methyl sites for hydroxylation is 3. The van der Waals surface area contributed by atoms with E-state index in [1.54, 1.807) is 0 Å². The summed E-state index contributed by atoms with van der Waals surface area (Å²) in [5, 5.41) is 5.06. The summed E-state index contributed by atoms with van der Waals surface area (Å²) in [7, 11) is 0. The molecule has 0 unspecified atom stereocenters. The van der Waals surface area contributed by atoms with Crippen molar-refractivity contribution in [3.63, 3.8) is 0 Å². The van der Waals surface area contributed by atoms with E-state index in [9.17, 15) is 0 Å². The molecule has 0 atom stereocenters. The van der Waals surface area contributed by atoms with E-state index in [4.69, 9.17) is 5.10 Å². The van der Waals surface area contributed by atoms with Crippen molar-refractivity contribution in [3.8, 4) is 22.5 Å². The highest BCUT2D eigenvalue weighted by Gasteiger charge is 2.18. The lowest BCUT2D eigenvalue weighted by Gasteiger charge is -2.10. The van der Waals surface area contributed by atoms with Crippen molar-refractivity contribution in [1.29, 1.82) is 0 Å². The van der Waals surface area contributed by atoms with Gasteiger partial charge in [0.1, 0.15) is 0 Å². The molecule has 28 heavy (non-hydrogen) atoms. The predicted molar refractivity (Wildman–Crippen MR) is 118 cm³/mol. The van der Waals surface area contributed by atoms with Crippen LogP contribution in [0.4, 0.5) is 0 Å². The molecule has 2 heteroatoms. The first-order valence-corrected chi connectivity index (χ1v) is 9.78. The van der Waals surface area contributed by atoms with Crippen molar-refractivity contribution in [3.05, 3.63) is 101 Å². The molecule has 0 spiro atoms. The van der Waals surface area contributed by atoms with Crippen molar-refractivity contribution in [1.82, 2.24) is 9.78 Å². The molecular weight excluding hydrogens is 340 g/mol. The molecule has 0 fully saturated rings. The highest BCUT2D eigenvalue weighted by molar-refractivity contribution is 5.74. The summed E-state index contributed by atoms with van der Waals surface area (Å²) in [6, 6.07) is 26.0. The van der Waals surface area contributed by atoms with E-state index >= 15 is 0 Å². The molecule has 0 aliphatic carbocycles. The molecule has 0 aliphatic heterocycles. The highest BCUT2D eigenvalue weighted by atomic mass is 15.3. The van der Waals surface area contributed by atoms with Crippen LogP contribution in [0, 0.1) is 27.7 Å². The zero-order chi connectivity index (χ0) is 19.7. The molecule has 0 radical (unpaired) electrons. The quantitative estimate of drug-likeness (QED) is 0.403. The molecule has 0 saturated carbocycles. The lowest BCUT2D eigenvalue weighted by Crippen LogP contribution is -2.04. The van der Waals surface area contributed by atoms with Gasteiger partial charge in [0.15, 0.2) is 0 Å². The van der Waals surface area contributed by atoms with Crippen molar-refractivity contribution >= 4 is 0 Å². The van der Waals surface area contributed by atoms with Crippen LogP contribution in [0.25, 0.3) is 22.5 Å². The molecule has 1 heterocycles. The number of benzene rings is 3. The van der Waals surface area contributed by atoms with Gasteiger partial charge >= 0.3 is 0 Å². The van der Waals surface area contributed by atoms with Crippen LogP contribution in [0.2, 0.25) is 0 Å². The van der Waals surface area contributed by atoms with Gasteiger partial charge in [-0.25, -0.2) is 0 Å². The van der Waals surface area contributed by atoms with Crippen LogP contribution < -0.4 is 0 Å². The minimum absolute atomic E-state index is 0.760. The molecule has 3 aromatic carbocycles. The average Bonchev–Trinajstić information content (AvgIpc) is 2.99. The Morgan fingerprint density at radius 3 is 1.93 bits per heavy atom. The normalized spacial score (nSPS) is 11.0. The Hall–Kier alpha value is -3.13. The van der Waals surface area contributed by atoms with Crippen LogP contribution in [0.15, 0.2) is 72.8 Å². The molecule has 0 aliphatic rings. The van der Waals surface area contributed by atoms with Gasteiger partial charge in [0, 0.05) is 16.7 Å². The van der Waals surface area contributed by atoms with Crippen LogP contribution in [0.5, 0.6) is 0 Å². The Bertz CT molecular complexity index is 1120. The van der Waals surface area contributed by atoms with E-state index < -0.39 is 0 Å². The molecule has 4 rings (SSSR count). The summed E-state index contributed by atoms with van der Waals surface area (Å²) in [4.78, 5) is 0. The zero-order valence-electron chi connectivity index (χ0n) is 17.0. The summed E-state index contributed by atoms with van der Waals surface area (Å²) in [5.74, 6) is 0. The second-order valence-electron chi connectivity index (χ2n) is 7.70. The van der Waals surface area contributed by atoms with Gasteiger partial charge in [-0.05, 0) is 45.4 Å².